The fourth-order valence-electron chi connectivity index (χ4n) is 3.45. The van der Waals surface area contributed by atoms with Crippen LogP contribution in [0.15, 0.2) is 64.7 Å². The molecule has 3 aromatic heterocycles. The minimum Gasteiger partial charge on any atom is -0.415 e. The van der Waals surface area contributed by atoms with Crippen molar-refractivity contribution in [3.05, 3.63) is 55.2 Å². The number of imidazole rings is 1. The zero-order chi connectivity index (χ0) is 22.1. The number of aryl methyl sites for hydroxylation is 1. The average Bonchev–Trinajstić information content (AvgIpc) is 3.50. The van der Waals surface area contributed by atoms with Crippen molar-refractivity contribution in [3.8, 4) is 23.0 Å². The summed E-state index contributed by atoms with van der Waals surface area (Å²) in [6, 6.07) is 9.48. The zero-order valence-corrected chi connectivity index (χ0v) is 18.1. The Hall–Kier alpha value is -3.64. The molecule has 4 heterocycles. The van der Waals surface area contributed by atoms with Crippen molar-refractivity contribution in [2.24, 2.45) is 7.05 Å². The van der Waals surface area contributed by atoms with Crippen LogP contribution >= 0.6 is 0 Å². The summed E-state index contributed by atoms with van der Waals surface area (Å²) in [7, 11) is -1.88. The molecule has 1 aliphatic heterocycles. The first-order valence-corrected chi connectivity index (χ1v) is 11.4. The van der Waals surface area contributed by atoms with E-state index < -0.39 is 10.0 Å². The van der Waals surface area contributed by atoms with Crippen LogP contribution in [0.1, 0.15) is 0 Å². The lowest BCUT2D eigenvalue weighted by Crippen LogP contribution is -2.49. The summed E-state index contributed by atoms with van der Waals surface area (Å²) >= 11 is 0. The van der Waals surface area contributed by atoms with E-state index in [-0.39, 0.29) is 10.9 Å². The van der Waals surface area contributed by atoms with Gasteiger partial charge < -0.3 is 13.9 Å². The highest BCUT2D eigenvalue weighted by atomic mass is 32.2. The van der Waals surface area contributed by atoms with Crippen LogP contribution < -0.4 is 4.90 Å². The predicted octanol–water partition coefficient (Wildman–Crippen LogP) is 1.44. The molecule has 1 fully saturated rings. The molecule has 0 spiro atoms. The number of benzene rings is 1. The second kappa shape index (κ2) is 8.13. The smallest absolute Gasteiger partial charge is 0.268 e. The van der Waals surface area contributed by atoms with Crippen molar-refractivity contribution in [2.75, 3.05) is 31.1 Å². The average molecular weight is 453 g/mol. The van der Waals surface area contributed by atoms with E-state index in [1.54, 1.807) is 24.0 Å². The molecule has 164 valence electrons. The fourth-order valence-corrected chi connectivity index (χ4v) is 4.84. The van der Waals surface area contributed by atoms with Crippen LogP contribution in [0.25, 0.3) is 23.0 Å². The first-order valence-electron chi connectivity index (χ1n) is 9.95. The van der Waals surface area contributed by atoms with Crippen molar-refractivity contribution in [2.45, 2.75) is 5.03 Å². The van der Waals surface area contributed by atoms with Gasteiger partial charge in [0.05, 0.1) is 18.7 Å². The standard InChI is InChI=1S/C20H20N8O3S/c1-26-13-18(22-14-26)32(29,30)28-9-7-27(8-10-28)17-12-21-11-16(23-17)20-25-24-19(31-20)15-5-3-2-4-6-15/h2-6,11-14H,7-10H2,1H3. The number of sulfonamides is 1. The van der Waals surface area contributed by atoms with E-state index in [1.165, 1.54) is 16.8 Å². The normalized spacial score (nSPS) is 15.2. The molecule has 11 nitrogen and oxygen atoms in total. The number of nitrogens with zero attached hydrogens (tertiary/aromatic N) is 8. The molecule has 0 unspecified atom stereocenters. The van der Waals surface area contributed by atoms with Gasteiger partial charge in [0.15, 0.2) is 5.03 Å². The van der Waals surface area contributed by atoms with Crippen LogP contribution in [-0.2, 0) is 17.1 Å². The number of piperazine rings is 1. The van der Waals surface area contributed by atoms with E-state index in [0.717, 1.165) is 5.56 Å². The quantitative estimate of drug-likeness (QED) is 0.442. The van der Waals surface area contributed by atoms with Gasteiger partial charge >= 0.3 is 0 Å². The lowest BCUT2D eigenvalue weighted by Gasteiger charge is -2.34. The summed E-state index contributed by atoms with van der Waals surface area (Å²) < 4.78 is 34.4. The first-order chi connectivity index (χ1) is 15.5. The summed E-state index contributed by atoms with van der Waals surface area (Å²) in [5, 5.41) is 8.24. The molecule has 1 saturated heterocycles. The molecule has 12 heteroatoms. The predicted molar refractivity (Wildman–Crippen MR) is 115 cm³/mol. The Balaban J connectivity index is 1.30. The monoisotopic (exact) mass is 452 g/mol. The van der Waals surface area contributed by atoms with E-state index in [2.05, 4.69) is 25.1 Å². The molecule has 0 bridgehead atoms. The molecule has 0 radical (unpaired) electrons. The summed E-state index contributed by atoms with van der Waals surface area (Å²) in [5.41, 5.74) is 1.28. The van der Waals surface area contributed by atoms with E-state index in [9.17, 15) is 8.42 Å². The van der Waals surface area contributed by atoms with Gasteiger partial charge in [-0.25, -0.2) is 18.4 Å². The van der Waals surface area contributed by atoms with Gasteiger partial charge in [0.2, 0.25) is 5.89 Å². The summed E-state index contributed by atoms with van der Waals surface area (Å²) in [6.07, 6.45) is 6.18. The van der Waals surface area contributed by atoms with Crippen molar-refractivity contribution < 1.29 is 12.8 Å². The molecule has 1 aliphatic rings. The van der Waals surface area contributed by atoms with Crippen molar-refractivity contribution in [1.82, 2.24) is 34.0 Å². The Morgan fingerprint density at radius 2 is 1.72 bits per heavy atom. The minimum absolute atomic E-state index is 0.0563. The van der Waals surface area contributed by atoms with Crippen molar-refractivity contribution in [1.29, 1.82) is 0 Å². The molecular weight excluding hydrogens is 432 g/mol. The topological polar surface area (TPSA) is 123 Å². The number of hydrogen-bond donors (Lipinski definition) is 0. The number of rotatable bonds is 5. The Bertz CT molecular complexity index is 1330. The lowest BCUT2D eigenvalue weighted by atomic mass is 10.2. The third-order valence-corrected chi connectivity index (χ3v) is 6.92. The zero-order valence-electron chi connectivity index (χ0n) is 17.2. The molecule has 1 aromatic carbocycles. The molecule has 0 aliphatic carbocycles. The number of hydrogen-bond acceptors (Lipinski definition) is 9. The molecule has 0 atom stereocenters. The van der Waals surface area contributed by atoms with Gasteiger partial charge in [-0.3, -0.25) is 4.98 Å². The van der Waals surface area contributed by atoms with Crippen LogP contribution in [0.5, 0.6) is 0 Å². The van der Waals surface area contributed by atoms with E-state index in [0.29, 0.717) is 43.6 Å². The summed E-state index contributed by atoms with van der Waals surface area (Å²) in [6.45, 7) is 1.60. The summed E-state index contributed by atoms with van der Waals surface area (Å²) in [5.74, 6) is 1.30. The maximum atomic E-state index is 12.8. The van der Waals surface area contributed by atoms with E-state index in [4.69, 9.17) is 4.42 Å². The molecular formula is C20H20N8O3S. The second-order valence-electron chi connectivity index (χ2n) is 7.31. The second-order valence-corrected chi connectivity index (χ2v) is 9.19. The van der Waals surface area contributed by atoms with Crippen LogP contribution in [0.2, 0.25) is 0 Å². The molecule has 4 aromatic rings. The van der Waals surface area contributed by atoms with Crippen LogP contribution in [0, 0.1) is 0 Å². The fraction of sp³-hybridized carbons (Fsp3) is 0.250. The van der Waals surface area contributed by atoms with Crippen LogP contribution in [-0.4, -0.2) is 68.6 Å². The first kappa shape index (κ1) is 20.3. The maximum absolute atomic E-state index is 12.8. The van der Waals surface area contributed by atoms with Crippen molar-refractivity contribution in [3.63, 3.8) is 0 Å². The molecule has 32 heavy (non-hydrogen) atoms. The molecule has 0 N–H and O–H groups in total. The molecule has 5 rings (SSSR count). The maximum Gasteiger partial charge on any atom is 0.268 e. The van der Waals surface area contributed by atoms with Crippen LogP contribution in [0.3, 0.4) is 0 Å². The largest absolute Gasteiger partial charge is 0.415 e. The molecule has 0 amide bonds. The van der Waals surface area contributed by atoms with Gasteiger partial charge in [0.1, 0.15) is 11.5 Å². The minimum atomic E-state index is -3.62. The van der Waals surface area contributed by atoms with Gasteiger partial charge in [-0.05, 0) is 12.1 Å². The van der Waals surface area contributed by atoms with Gasteiger partial charge in [-0.2, -0.15) is 4.31 Å². The highest BCUT2D eigenvalue weighted by molar-refractivity contribution is 7.89. The van der Waals surface area contributed by atoms with Gasteiger partial charge in [-0.1, -0.05) is 18.2 Å². The highest BCUT2D eigenvalue weighted by Gasteiger charge is 2.30. The van der Waals surface area contributed by atoms with E-state index in [1.807, 2.05) is 35.2 Å². The third-order valence-electron chi connectivity index (χ3n) is 5.13. The number of aromatic nitrogens is 6. The van der Waals surface area contributed by atoms with Gasteiger partial charge in [0.25, 0.3) is 15.9 Å². The lowest BCUT2D eigenvalue weighted by molar-refractivity contribution is 0.382. The van der Waals surface area contributed by atoms with Gasteiger partial charge in [0, 0.05) is 45.0 Å². The Labute approximate surface area is 184 Å². The van der Waals surface area contributed by atoms with Gasteiger partial charge in [-0.15, -0.1) is 10.2 Å². The van der Waals surface area contributed by atoms with Crippen LogP contribution in [0.4, 0.5) is 5.82 Å². The number of anilines is 1. The summed E-state index contributed by atoms with van der Waals surface area (Å²) in [4.78, 5) is 14.8. The SMILES string of the molecule is Cn1cnc(S(=O)(=O)N2CCN(c3cncc(-c4nnc(-c5ccccc5)o4)n3)CC2)c1. The Morgan fingerprint density at radius 3 is 2.44 bits per heavy atom. The Morgan fingerprint density at radius 1 is 0.969 bits per heavy atom. The van der Waals surface area contributed by atoms with Crippen molar-refractivity contribution >= 4 is 15.8 Å². The third kappa shape index (κ3) is 3.85. The molecule has 0 saturated carbocycles. The highest BCUT2D eigenvalue weighted by Crippen LogP contribution is 2.24. The Kier molecular flexibility index (Phi) is 5.15. The van der Waals surface area contributed by atoms with E-state index >= 15 is 0 Å².